The molecule has 0 aliphatic rings. The highest BCUT2D eigenvalue weighted by Crippen LogP contribution is 2.29. The first-order valence-electron chi connectivity index (χ1n) is 5.48. The summed E-state index contributed by atoms with van der Waals surface area (Å²) < 4.78 is 37.8. The molecule has 1 aromatic carbocycles. The lowest BCUT2D eigenvalue weighted by Crippen LogP contribution is -2.59. The van der Waals surface area contributed by atoms with Gasteiger partial charge in [-0.05, 0) is 31.5 Å². The molecule has 0 bridgehead atoms. The van der Waals surface area contributed by atoms with Crippen LogP contribution in [0, 0.1) is 6.92 Å². The van der Waals surface area contributed by atoms with Gasteiger partial charge in [-0.2, -0.15) is 13.2 Å². The van der Waals surface area contributed by atoms with Crippen molar-refractivity contribution in [1.29, 1.82) is 0 Å². The lowest BCUT2D eigenvalue weighted by Gasteiger charge is -2.26. The number of aromatic carboxylic acids is 1. The largest absolute Gasteiger partial charge is 0.478 e. The van der Waals surface area contributed by atoms with Crippen LogP contribution in [0.1, 0.15) is 22.8 Å². The molecule has 0 saturated carbocycles. The number of rotatable bonds is 3. The number of amides is 1. The number of hydrogen-bond donors (Lipinski definition) is 3. The Balaban J connectivity index is 3.10. The summed E-state index contributed by atoms with van der Waals surface area (Å²) in [6.45, 7) is 1.92. The molecule has 1 rings (SSSR count). The maximum absolute atomic E-state index is 12.6. The van der Waals surface area contributed by atoms with Gasteiger partial charge in [-0.3, -0.25) is 4.79 Å². The van der Waals surface area contributed by atoms with E-state index in [1.807, 2.05) is 5.32 Å². The van der Waals surface area contributed by atoms with E-state index in [9.17, 15) is 22.8 Å². The van der Waals surface area contributed by atoms with E-state index in [1.165, 1.54) is 25.1 Å². The molecule has 1 amide bonds. The van der Waals surface area contributed by atoms with Gasteiger partial charge in [0.1, 0.15) is 0 Å². The van der Waals surface area contributed by atoms with Crippen LogP contribution >= 0.6 is 0 Å². The molecule has 0 aromatic heterocycles. The molecule has 110 valence electrons. The van der Waals surface area contributed by atoms with Gasteiger partial charge in [0.15, 0.2) is 5.54 Å². The molecular weight excluding hydrogens is 277 g/mol. The van der Waals surface area contributed by atoms with Gasteiger partial charge in [0.05, 0.1) is 5.56 Å². The third kappa shape index (κ3) is 2.90. The molecule has 8 heteroatoms. The van der Waals surface area contributed by atoms with Crippen molar-refractivity contribution in [3.63, 3.8) is 0 Å². The highest BCUT2D eigenvalue weighted by molar-refractivity contribution is 6.00. The van der Waals surface area contributed by atoms with Gasteiger partial charge in [-0.25, -0.2) is 4.79 Å². The van der Waals surface area contributed by atoms with Crippen LogP contribution in [0.15, 0.2) is 18.2 Å². The van der Waals surface area contributed by atoms with Crippen LogP contribution < -0.4 is 11.1 Å². The predicted molar refractivity (Wildman–Crippen MR) is 65.4 cm³/mol. The van der Waals surface area contributed by atoms with E-state index in [0.717, 1.165) is 0 Å². The molecule has 0 aliphatic heterocycles. The van der Waals surface area contributed by atoms with E-state index in [2.05, 4.69) is 0 Å². The highest BCUT2D eigenvalue weighted by Gasteiger charge is 2.54. The van der Waals surface area contributed by atoms with Crippen LogP contribution in [0.4, 0.5) is 18.9 Å². The summed E-state index contributed by atoms with van der Waals surface area (Å²) in [5.41, 5.74) is 1.90. The Kier molecular flexibility index (Phi) is 4.09. The lowest BCUT2D eigenvalue weighted by molar-refractivity contribution is -0.184. The van der Waals surface area contributed by atoms with Crippen molar-refractivity contribution in [2.45, 2.75) is 25.6 Å². The fraction of sp³-hybridized carbons (Fsp3) is 0.333. The number of alkyl halides is 3. The van der Waals surface area contributed by atoms with Crippen molar-refractivity contribution in [3.8, 4) is 0 Å². The van der Waals surface area contributed by atoms with Crippen LogP contribution in [0.3, 0.4) is 0 Å². The maximum Gasteiger partial charge on any atom is 0.415 e. The summed E-state index contributed by atoms with van der Waals surface area (Å²) in [5, 5.41) is 10.9. The fourth-order valence-corrected chi connectivity index (χ4v) is 1.38. The number of carbonyl (C=O) groups is 2. The number of halogens is 3. The van der Waals surface area contributed by atoms with Crippen LogP contribution in [-0.4, -0.2) is 28.7 Å². The van der Waals surface area contributed by atoms with Crippen molar-refractivity contribution in [3.05, 3.63) is 29.3 Å². The molecule has 1 atom stereocenters. The summed E-state index contributed by atoms with van der Waals surface area (Å²) in [6, 6.07) is 3.89. The zero-order valence-corrected chi connectivity index (χ0v) is 10.7. The first-order valence-corrected chi connectivity index (χ1v) is 5.48. The second kappa shape index (κ2) is 5.12. The van der Waals surface area contributed by atoms with Crippen LogP contribution in [0.2, 0.25) is 0 Å². The van der Waals surface area contributed by atoms with Crippen LogP contribution in [0.25, 0.3) is 0 Å². The summed E-state index contributed by atoms with van der Waals surface area (Å²) in [5.74, 6) is -2.71. The number of anilines is 1. The number of carboxylic acids is 1. The standard InChI is InChI=1S/C12H13F3N2O3/c1-6-7(9(18)19)4-3-5-8(6)17-10(20)11(2,16)12(13,14)15/h3-5H,16H2,1-2H3,(H,17,20)(H,18,19). The van der Waals surface area contributed by atoms with Gasteiger partial charge in [-0.1, -0.05) is 6.07 Å². The average molecular weight is 290 g/mol. The molecule has 0 saturated heterocycles. The van der Waals surface area contributed by atoms with Gasteiger partial charge in [-0.15, -0.1) is 0 Å². The van der Waals surface area contributed by atoms with E-state index < -0.39 is 23.6 Å². The Morgan fingerprint density at radius 3 is 2.30 bits per heavy atom. The van der Waals surface area contributed by atoms with E-state index in [1.54, 1.807) is 0 Å². The van der Waals surface area contributed by atoms with Crippen molar-refractivity contribution in [1.82, 2.24) is 0 Å². The molecule has 0 aliphatic carbocycles. The number of carboxylic acid groups (broad SMARTS) is 1. The van der Waals surface area contributed by atoms with Gasteiger partial charge in [0, 0.05) is 5.69 Å². The number of hydrogen-bond acceptors (Lipinski definition) is 3. The van der Waals surface area contributed by atoms with E-state index in [4.69, 9.17) is 10.8 Å². The molecule has 0 radical (unpaired) electrons. The molecule has 0 heterocycles. The highest BCUT2D eigenvalue weighted by atomic mass is 19.4. The Morgan fingerprint density at radius 2 is 1.85 bits per heavy atom. The molecule has 0 spiro atoms. The van der Waals surface area contributed by atoms with Crippen LogP contribution in [0.5, 0.6) is 0 Å². The summed E-state index contributed by atoms with van der Waals surface area (Å²) in [4.78, 5) is 22.5. The van der Waals surface area contributed by atoms with E-state index >= 15 is 0 Å². The topological polar surface area (TPSA) is 92.4 Å². The van der Waals surface area contributed by atoms with Gasteiger partial charge in [0.2, 0.25) is 0 Å². The van der Waals surface area contributed by atoms with Gasteiger partial charge >= 0.3 is 12.1 Å². The summed E-state index contributed by atoms with van der Waals surface area (Å²) in [6.07, 6.45) is -4.92. The molecule has 4 N–H and O–H groups in total. The Bertz CT molecular complexity index is 553. The Morgan fingerprint density at radius 1 is 1.30 bits per heavy atom. The third-order valence-corrected chi connectivity index (χ3v) is 2.87. The summed E-state index contributed by atoms with van der Waals surface area (Å²) in [7, 11) is 0. The first-order chi connectivity index (χ1) is 8.98. The predicted octanol–water partition coefficient (Wildman–Crippen LogP) is 1.91. The maximum atomic E-state index is 12.6. The zero-order chi connectivity index (χ0) is 15.7. The third-order valence-electron chi connectivity index (χ3n) is 2.87. The fourth-order valence-electron chi connectivity index (χ4n) is 1.38. The molecule has 20 heavy (non-hydrogen) atoms. The molecule has 5 nitrogen and oxygen atoms in total. The normalized spacial score (nSPS) is 14.5. The van der Waals surface area contributed by atoms with Crippen molar-refractivity contribution in [2.75, 3.05) is 5.32 Å². The molecule has 1 unspecified atom stereocenters. The van der Waals surface area contributed by atoms with E-state index in [-0.39, 0.29) is 16.8 Å². The van der Waals surface area contributed by atoms with Gasteiger partial charge < -0.3 is 16.2 Å². The molecular formula is C12H13F3N2O3. The quantitative estimate of drug-likeness (QED) is 0.793. The molecule has 1 aromatic rings. The number of carbonyl (C=O) groups excluding carboxylic acids is 1. The lowest BCUT2D eigenvalue weighted by atomic mass is 10.0. The van der Waals surface area contributed by atoms with Crippen molar-refractivity contribution in [2.24, 2.45) is 5.73 Å². The first kappa shape index (κ1) is 16.0. The molecule has 0 fully saturated rings. The van der Waals surface area contributed by atoms with E-state index in [0.29, 0.717) is 6.92 Å². The smallest absolute Gasteiger partial charge is 0.415 e. The second-order valence-electron chi connectivity index (χ2n) is 4.44. The number of nitrogens with one attached hydrogen (secondary N) is 1. The number of nitrogens with two attached hydrogens (primary N) is 1. The number of benzene rings is 1. The minimum Gasteiger partial charge on any atom is -0.478 e. The average Bonchev–Trinajstić information content (AvgIpc) is 2.29. The second-order valence-corrected chi connectivity index (χ2v) is 4.44. The van der Waals surface area contributed by atoms with Crippen molar-refractivity contribution >= 4 is 17.6 Å². The monoisotopic (exact) mass is 290 g/mol. The SMILES string of the molecule is Cc1c(NC(=O)C(C)(N)C(F)(F)F)cccc1C(=O)O. The van der Waals surface area contributed by atoms with Gasteiger partial charge in [0.25, 0.3) is 5.91 Å². The van der Waals surface area contributed by atoms with Crippen molar-refractivity contribution < 1.29 is 27.9 Å². The Hall–Kier alpha value is -2.09. The zero-order valence-electron chi connectivity index (χ0n) is 10.7. The minimum absolute atomic E-state index is 0.0316. The minimum atomic E-state index is -4.92. The van der Waals surface area contributed by atoms with Crippen LogP contribution in [-0.2, 0) is 4.79 Å². The summed E-state index contributed by atoms with van der Waals surface area (Å²) >= 11 is 0. The Labute approximate surface area is 112 Å².